The number of hydrogen-bond acceptors (Lipinski definition) is 4. The van der Waals surface area contributed by atoms with Gasteiger partial charge in [0.2, 0.25) is 0 Å². The van der Waals surface area contributed by atoms with Gasteiger partial charge in [-0.2, -0.15) is 17.6 Å². The minimum atomic E-state index is -4.57. The molecule has 0 aliphatic rings. The second kappa shape index (κ2) is 10.7. The van der Waals surface area contributed by atoms with E-state index < -0.39 is 18.6 Å². The van der Waals surface area contributed by atoms with Crippen molar-refractivity contribution in [2.24, 2.45) is 0 Å². The first-order valence-corrected chi connectivity index (χ1v) is 10.7. The Morgan fingerprint density at radius 3 is 2.31 bits per heavy atom. The van der Waals surface area contributed by atoms with Crippen molar-refractivity contribution in [2.75, 3.05) is 11.4 Å². The molecular formula is C24H23F4NO2S. The SMILES string of the molecule is CC(O)CN(Cc1cccc(OC(F)(F)C(F)F)c1)c1cccc(Sc2ccccc2)c1. The third-order valence-corrected chi connectivity index (χ3v) is 5.42. The van der Waals surface area contributed by atoms with Crippen LogP contribution in [0.4, 0.5) is 23.2 Å². The maximum Gasteiger partial charge on any atom is 0.461 e. The van der Waals surface area contributed by atoms with Crippen LogP contribution in [0.5, 0.6) is 5.75 Å². The van der Waals surface area contributed by atoms with E-state index >= 15 is 0 Å². The number of anilines is 1. The molecule has 0 spiro atoms. The van der Waals surface area contributed by atoms with E-state index in [-0.39, 0.29) is 18.8 Å². The summed E-state index contributed by atoms with van der Waals surface area (Å²) in [4.78, 5) is 3.97. The predicted octanol–water partition coefficient (Wildman–Crippen LogP) is 6.46. The highest BCUT2D eigenvalue weighted by atomic mass is 32.2. The van der Waals surface area contributed by atoms with Gasteiger partial charge in [-0.05, 0) is 55.0 Å². The fourth-order valence-electron chi connectivity index (χ4n) is 3.08. The molecule has 0 aromatic heterocycles. The van der Waals surface area contributed by atoms with Gasteiger partial charge < -0.3 is 14.7 Å². The number of benzene rings is 3. The maximum atomic E-state index is 13.3. The highest BCUT2D eigenvalue weighted by Crippen LogP contribution is 2.32. The average molecular weight is 466 g/mol. The molecule has 0 saturated carbocycles. The van der Waals surface area contributed by atoms with Crippen LogP contribution in [-0.4, -0.2) is 30.3 Å². The molecule has 0 aliphatic carbocycles. The van der Waals surface area contributed by atoms with Gasteiger partial charge in [0.1, 0.15) is 5.75 Å². The fraction of sp³-hybridized carbons (Fsp3) is 0.250. The minimum Gasteiger partial charge on any atom is -0.428 e. The van der Waals surface area contributed by atoms with Gasteiger partial charge in [-0.3, -0.25) is 0 Å². The maximum absolute atomic E-state index is 13.3. The number of nitrogens with zero attached hydrogens (tertiary/aromatic N) is 1. The lowest BCUT2D eigenvalue weighted by Gasteiger charge is -2.27. The number of halogens is 4. The number of rotatable bonds is 10. The van der Waals surface area contributed by atoms with E-state index in [2.05, 4.69) is 4.74 Å². The smallest absolute Gasteiger partial charge is 0.428 e. The summed E-state index contributed by atoms with van der Waals surface area (Å²) >= 11 is 1.59. The van der Waals surface area contributed by atoms with Crippen molar-refractivity contribution in [1.82, 2.24) is 0 Å². The zero-order valence-corrected chi connectivity index (χ0v) is 18.1. The first-order chi connectivity index (χ1) is 15.2. The van der Waals surface area contributed by atoms with E-state index in [4.69, 9.17) is 0 Å². The van der Waals surface area contributed by atoms with E-state index in [1.54, 1.807) is 24.8 Å². The molecule has 0 fully saturated rings. The van der Waals surface area contributed by atoms with Crippen LogP contribution in [0.15, 0.2) is 88.7 Å². The lowest BCUT2D eigenvalue weighted by molar-refractivity contribution is -0.253. The van der Waals surface area contributed by atoms with Crippen LogP contribution in [0.3, 0.4) is 0 Å². The highest BCUT2D eigenvalue weighted by molar-refractivity contribution is 7.99. The molecule has 0 heterocycles. The van der Waals surface area contributed by atoms with Crippen LogP contribution in [0.1, 0.15) is 12.5 Å². The Bertz CT molecular complexity index is 1000. The van der Waals surface area contributed by atoms with Crippen molar-refractivity contribution >= 4 is 17.4 Å². The Hall–Kier alpha value is -2.71. The topological polar surface area (TPSA) is 32.7 Å². The lowest BCUT2D eigenvalue weighted by atomic mass is 10.1. The van der Waals surface area contributed by atoms with E-state index in [0.29, 0.717) is 5.56 Å². The average Bonchev–Trinajstić information content (AvgIpc) is 2.74. The molecule has 170 valence electrons. The summed E-state index contributed by atoms with van der Waals surface area (Å²) in [5.74, 6) is -0.349. The van der Waals surface area contributed by atoms with Crippen molar-refractivity contribution in [1.29, 1.82) is 0 Å². The Labute approximate surface area is 188 Å². The van der Waals surface area contributed by atoms with Crippen LogP contribution >= 0.6 is 11.8 Å². The van der Waals surface area contributed by atoms with E-state index in [1.807, 2.05) is 59.5 Å². The van der Waals surface area contributed by atoms with Gasteiger partial charge in [0, 0.05) is 28.6 Å². The van der Waals surface area contributed by atoms with Crippen LogP contribution in [0, 0.1) is 0 Å². The largest absolute Gasteiger partial charge is 0.461 e. The van der Waals surface area contributed by atoms with Crippen molar-refractivity contribution in [2.45, 2.75) is 41.9 Å². The summed E-state index contributed by atoms with van der Waals surface area (Å²) in [6, 6.07) is 23.3. The molecule has 3 rings (SSSR count). The fourth-order valence-corrected chi connectivity index (χ4v) is 3.97. The first-order valence-electron chi connectivity index (χ1n) is 9.93. The van der Waals surface area contributed by atoms with Crippen LogP contribution < -0.4 is 9.64 Å². The summed E-state index contributed by atoms with van der Waals surface area (Å²) in [5, 5.41) is 9.98. The molecule has 0 saturated heterocycles. The zero-order chi connectivity index (χ0) is 23.1. The van der Waals surface area contributed by atoms with Crippen molar-refractivity contribution in [3.63, 3.8) is 0 Å². The second-order valence-corrected chi connectivity index (χ2v) is 8.40. The predicted molar refractivity (Wildman–Crippen MR) is 118 cm³/mol. The van der Waals surface area contributed by atoms with Crippen molar-refractivity contribution in [3.05, 3.63) is 84.4 Å². The first kappa shape index (κ1) is 23.9. The van der Waals surface area contributed by atoms with Crippen LogP contribution in [0.25, 0.3) is 0 Å². The molecule has 0 amide bonds. The molecular weight excluding hydrogens is 442 g/mol. The lowest BCUT2D eigenvalue weighted by Crippen LogP contribution is -2.33. The summed E-state index contributed by atoms with van der Waals surface area (Å²) in [6.07, 6.45) is -9.15. The minimum absolute atomic E-state index is 0.266. The third kappa shape index (κ3) is 6.90. The van der Waals surface area contributed by atoms with E-state index in [0.717, 1.165) is 15.5 Å². The summed E-state index contributed by atoms with van der Waals surface area (Å²) in [7, 11) is 0. The third-order valence-electron chi connectivity index (χ3n) is 4.43. The summed E-state index contributed by atoms with van der Waals surface area (Å²) in [5.41, 5.74) is 1.41. The van der Waals surface area contributed by atoms with E-state index in [1.165, 1.54) is 18.2 Å². The molecule has 3 aromatic rings. The Balaban J connectivity index is 1.80. The summed E-state index contributed by atoms with van der Waals surface area (Å²) in [6.45, 7) is 2.21. The van der Waals surface area contributed by atoms with Crippen LogP contribution in [0.2, 0.25) is 0 Å². The number of hydrogen-bond donors (Lipinski definition) is 1. The van der Waals surface area contributed by atoms with Gasteiger partial charge in [0.25, 0.3) is 0 Å². The second-order valence-electron chi connectivity index (χ2n) is 7.25. The monoisotopic (exact) mass is 465 g/mol. The van der Waals surface area contributed by atoms with Gasteiger partial charge in [0.05, 0.1) is 6.10 Å². The van der Waals surface area contributed by atoms with E-state index in [9.17, 15) is 22.7 Å². The zero-order valence-electron chi connectivity index (χ0n) is 17.3. The Morgan fingerprint density at radius 1 is 0.938 bits per heavy atom. The van der Waals surface area contributed by atoms with Gasteiger partial charge >= 0.3 is 12.5 Å². The molecule has 1 atom stereocenters. The molecule has 0 aliphatic heterocycles. The van der Waals surface area contributed by atoms with Gasteiger partial charge in [-0.1, -0.05) is 48.2 Å². The highest BCUT2D eigenvalue weighted by Gasteiger charge is 2.44. The molecule has 3 aromatic carbocycles. The normalized spacial score (nSPS) is 12.6. The van der Waals surface area contributed by atoms with Gasteiger partial charge in [-0.15, -0.1) is 0 Å². The standard InChI is InChI=1S/C24H23F4NO2S/c1-17(30)15-29(16-18-7-5-9-20(13-18)31-24(27,28)23(25)26)19-8-6-12-22(14-19)32-21-10-3-2-4-11-21/h2-14,17,23,30H,15-16H2,1H3. The molecule has 32 heavy (non-hydrogen) atoms. The molecule has 3 nitrogen and oxygen atoms in total. The van der Waals surface area contributed by atoms with Gasteiger partial charge in [0.15, 0.2) is 0 Å². The number of aliphatic hydroxyl groups excluding tert-OH is 1. The van der Waals surface area contributed by atoms with Crippen molar-refractivity contribution in [3.8, 4) is 5.75 Å². The molecule has 8 heteroatoms. The van der Waals surface area contributed by atoms with Crippen molar-refractivity contribution < 1.29 is 27.4 Å². The number of ether oxygens (including phenoxy) is 1. The molecule has 1 unspecified atom stereocenters. The Morgan fingerprint density at radius 2 is 1.62 bits per heavy atom. The molecule has 0 radical (unpaired) electrons. The summed E-state index contributed by atoms with van der Waals surface area (Å²) < 4.78 is 55.6. The van der Waals surface area contributed by atoms with Crippen LogP contribution in [-0.2, 0) is 6.54 Å². The molecule has 1 N–H and O–H groups in total. The van der Waals surface area contributed by atoms with Gasteiger partial charge in [-0.25, -0.2) is 0 Å². The quantitative estimate of drug-likeness (QED) is 0.348. The number of alkyl halides is 4. The number of aliphatic hydroxyl groups is 1. The Kier molecular flexibility index (Phi) is 8.04. The molecule has 0 bridgehead atoms.